The van der Waals surface area contributed by atoms with E-state index in [2.05, 4.69) is 10.3 Å². The van der Waals surface area contributed by atoms with Crippen LogP contribution in [0.1, 0.15) is 11.3 Å². The molecular weight excluding hydrogens is 302 g/mol. The van der Waals surface area contributed by atoms with Gasteiger partial charge in [0.05, 0.1) is 18.9 Å². The molecule has 0 bridgehead atoms. The van der Waals surface area contributed by atoms with E-state index >= 15 is 0 Å². The van der Waals surface area contributed by atoms with Gasteiger partial charge in [-0.15, -0.1) is 0 Å². The zero-order valence-corrected chi connectivity index (χ0v) is 12.9. The van der Waals surface area contributed by atoms with E-state index in [-0.39, 0.29) is 36.5 Å². The van der Waals surface area contributed by atoms with Gasteiger partial charge in [-0.25, -0.2) is 9.78 Å². The Balaban J connectivity index is 1.62. The van der Waals surface area contributed by atoms with E-state index in [1.165, 1.54) is 15.8 Å². The molecule has 2 aliphatic rings. The molecule has 9 heteroatoms. The quantitative estimate of drug-likeness (QED) is 0.692. The first kappa shape index (κ1) is 15.2. The fraction of sp³-hybridized carbons (Fsp3) is 0.500. The van der Waals surface area contributed by atoms with Gasteiger partial charge >= 0.3 is 6.03 Å². The van der Waals surface area contributed by atoms with Crippen LogP contribution in [-0.4, -0.2) is 62.9 Å². The van der Waals surface area contributed by atoms with Crippen molar-refractivity contribution in [1.82, 2.24) is 24.7 Å². The summed E-state index contributed by atoms with van der Waals surface area (Å²) in [4.78, 5) is 54.1. The Bertz CT molecular complexity index is 734. The van der Waals surface area contributed by atoms with Crippen LogP contribution < -0.4 is 10.9 Å². The van der Waals surface area contributed by atoms with Gasteiger partial charge in [0, 0.05) is 24.3 Å². The summed E-state index contributed by atoms with van der Waals surface area (Å²) < 4.78 is 1.27. The van der Waals surface area contributed by atoms with Crippen molar-refractivity contribution in [3.8, 4) is 0 Å². The molecule has 0 atom stereocenters. The number of amides is 4. The highest BCUT2D eigenvalue weighted by Crippen LogP contribution is 2.18. The Hall–Kier alpha value is -2.71. The number of aromatic nitrogens is 2. The molecule has 0 unspecified atom stereocenters. The fourth-order valence-electron chi connectivity index (χ4n) is 2.66. The second kappa shape index (κ2) is 5.49. The minimum absolute atomic E-state index is 0.00693. The minimum Gasteiger partial charge on any atom is -0.337 e. The summed E-state index contributed by atoms with van der Waals surface area (Å²) in [6.07, 6.45) is 1.36. The lowest BCUT2D eigenvalue weighted by molar-refractivity contribution is -0.142. The molecule has 0 spiro atoms. The van der Waals surface area contributed by atoms with Crippen LogP contribution >= 0.6 is 0 Å². The third kappa shape index (κ3) is 2.58. The molecule has 3 heterocycles. The molecule has 1 aromatic heterocycles. The predicted octanol–water partition coefficient (Wildman–Crippen LogP) is -1.38. The lowest BCUT2D eigenvalue weighted by atomic mass is 10.1. The maximum absolute atomic E-state index is 12.2. The van der Waals surface area contributed by atoms with Crippen LogP contribution in [0.25, 0.3) is 0 Å². The van der Waals surface area contributed by atoms with Crippen LogP contribution in [0.3, 0.4) is 0 Å². The molecule has 1 aromatic rings. The Labute approximate surface area is 131 Å². The molecule has 0 radical (unpaired) electrons. The Kier molecular flexibility index (Phi) is 3.63. The third-order valence-corrected chi connectivity index (χ3v) is 4.28. The zero-order chi connectivity index (χ0) is 16.7. The van der Waals surface area contributed by atoms with Crippen LogP contribution in [-0.2, 0) is 16.1 Å². The molecule has 9 nitrogen and oxygen atoms in total. The number of carbonyl (C=O) groups excluding carboxylic acids is 3. The summed E-state index contributed by atoms with van der Waals surface area (Å²) in [5, 5.41) is 2.45. The van der Waals surface area contributed by atoms with Crippen molar-refractivity contribution in [3.63, 3.8) is 0 Å². The molecule has 0 aliphatic carbocycles. The van der Waals surface area contributed by atoms with E-state index in [0.717, 1.165) is 4.90 Å². The lowest BCUT2D eigenvalue weighted by Gasteiger charge is -2.42. The van der Waals surface area contributed by atoms with E-state index in [1.54, 1.807) is 13.8 Å². The smallest absolute Gasteiger partial charge is 0.324 e. The first-order chi connectivity index (χ1) is 10.9. The van der Waals surface area contributed by atoms with Crippen molar-refractivity contribution in [2.75, 3.05) is 19.6 Å². The molecule has 0 aromatic carbocycles. The predicted molar refractivity (Wildman–Crippen MR) is 78.6 cm³/mol. The first-order valence-corrected chi connectivity index (χ1v) is 7.28. The molecule has 2 fully saturated rings. The van der Waals surface area contributed by atoms with Crippen molar-refractivity contribution in [2.24, 2.45) is 0 Å². The van der Waals surface area contributed by atoms with Gasteiger partial charge in [0.15, 0.2) is 0 Å². The van der Waals surface area contributed by atoms with Gasteiger partial charge in [0.25, 0.3) is 5.56 Å². The lowest BCUT2D eigenvalue weighted by Crippen LogP contribution is -2.63. The monoisotopic (exact) mass is 319 g/mol. The highest BCUT2D eigenvalue weighted by atomic mass is 16.2. The first-order valence-electron chi connectivity index (χ1n) is 7.28. The van der Waals surface area contributed by atoms with Gasteiger partial charge in [0.2, 0.25) is 11.8 Å². The van der Waals surface area contributed by atoms with Gasteiger partial charge in [-0.05, 0) is 13.8 Å². The number of rotatable bonds is 3. The summed E-state index contributed by atoms with van der Waals surface area (Å²) >= 11 is 0. The summed E-state index contributed by atoms with van der Waals surface area (Å²) in [6.45, 7) is 3.91. The van der Waals surface area contributed by atoms with E-state index in [0.29, 0.717) is 24.3 Å². The summed E-state index contributed by atoms with van der Waals surface area (Å²) in [5.74, 6) is -0.512. The van der Waals surface area contributed by atoms with Crippen molar-refractivity contribution in [3.05, 3.63) is 27.9 Å². The third-order valence-electron chi connectivity index (χ3n) is 4.28. The SMILES string of the molecule is Cc1ncn(CC(=O)N2CC(N3C(=O)CNC3=O)C2)c(=O)c1C. The Morgan fingerprint density at radius 1 is 1.30 bits per heavy atom. The summed E-state index contributed by atoms with van der Waals surface area (Å²) in [5.41, 5.74) is 0.916. The van der Waals surface area contributed by atoms with Crippen molar-refractivity contribution < 1.29 is 14.4 Å². The van der Waals surface area contributed by atoms with Crippen molar-refractivity contribution in [2.45, 2.75) is 26.4 Å². The maximum Gasteiger partial charge on any atom is 0.324 e. The summed E-state index contributed by atoms with van der Waals surface area (Å²) in [6, 6.07) is -0.703. The molecule has 2 saturated heterocycles. The second-order valence-corrected chi connectivity index (χ2v) is 5.76. The normalized spacial score (nSPS) is 18.2. The van der Waals surface area contributed by atoms with Crippen LogP contribution in [0.4, 0.5) is 4.79 Å². The van der Waals surface area contributed by atoms with E-state index in [9.17, 15) is 19.2 Å². The van der Waals surface area contributed by atoms with Gasteiger partial charge in [-0.2, -0.15) is 0 Å². The minimum atomic E-state index is -0.415. The maximum atomic E-state index is 12.2. The van der Waals surface area contributed by atoms with Crippen molar-refractivity contribution >= 4 is 17.8 Å². The van der Waals surface area contributed by atoms with Crippen LogP contribution in [0.5, 0.6) is 0 Å². The molecule has 0 saturated carbocycles. The highest BCUT2D eigenvalue weighted by molar-refractivity contribution is 6.02. The van der Waals surface area contributed by atoms with Gasteiger partial charge in [0.1, 0.15) is 6.54 Å². The summed E-state index contributed by atoms with van der Waals surface area (Å²) in [7, 11) is 0. The van der Waals surface area contributed by atoms with Gasteiger partial charge in [-0.3, -0.25) is 23.9 Å². The number of carbonyl (C=O) groups is 3. The molecular formula is C14H17N5O4. The highest BCUT2D eigenvalue weighted by Gasteiger charge is 2.42. The standard InChI is InChI=1S/C14H17N5O4/c1-8-9(2)16-7-18(13(8)22)6-12(21)17-4-10(5-17)19-11(20)3-15-14(19)23/h7,10H,3-6H2,1-2H3,(H,15,23). The average Bonchev–Trinajstić information content (AvgIpc) is 2.79. The molecule has 3 rings (SSSR count). The van der Waals surface area contributed by atoms with Crippen LogP contribution in [0.2, 0.25) is 0 Å². The zero-order valence-electron chi connectivity index (χ0n) is 12.9. The molecule has 23 heavy (non-hydrogen) atoms. The molecule has 1 N–H and O–H groups in total. The number of nitrogens with zero attached hydrogens (tertiary/aromatic N) is 4. The number of likely N-dealkylation sites (tertiary alicyclic amines) is 1. The average molecular weight is 319 g/mol. The number of nitrogens with one attached hydrogen (secondary N) is 1. The molecule has 4 amide bonds. The van der Waals surface area contributed by atoms with Crippen LogP contribution in [0.15, 0.2) is 11.1 Å². The van der Waals surface area contributed by atoms with E-state index in [4.69, 9.17) is 0 Å². The topological polar surface area (TPSA) is 105 Å². The largest absolute Gasteiger partial charge is 0.337 e. The number of urea groups is 1. The van der Waals surface area contributed by atoms with Gasteiger partial charge in [-0.1, -0.05) is 0 Å². The van der Waals surface area contributed by atoms with Gasteiger partial charge < -0.3 is 10.2 Å². The number of hydrogen-bond donors (Lipinski definition) is 1. The fourth-order valence-corrected chi connectivity index (χ4v) is 2.66. The Morgan fingerprint density at radius 2 is 2.00 bits per heavy atom. The molecule has 122 valence electrons. The van der Waals surface area contributed by atoms with Crippen LogP contribution in [0, 0.1) is 13.8 Å². The number of aryl methyl sites for hydroxylation is 1. The van der Waals surface area contributed by atoms with E-state index < -0.39 is 6.03 Å². The number of imide groups is 1. The second-order valence-electron chi connectivity index (χ2n) is 5.76. The Morgan fingerprint density at radius 3 is 2.61 bits per heavy atom. The van der Waals surface area contributed by atoms with E-state index in [1.807, 2.05) is 0 Å². The number of hydrogen-bond acceptors (Lipinski definition) is 5. The molecule has 2 aliphatic heterocycles. The van der Waals surface area contributed by atoms with Crippen molar-refractivity contribution in [1.29, 1.82) is 0 Å².